The van der Waals surface area contributed by atoms with Crippen molar-refractivity contribution in [2.75, 3.05) is 0 Å². The molecule has 4 bridgehead atoms. The van der Waals surface area contributed by atoms with Gasteiger partial charge >= 0.3 is 0 Å². The van der Waals surface area contributed by atoms with Gasteiger partial charge < -0.3 is 15.2 Å². The van der Waals surface area contributed by atoms with E-state index in [0.29, 0.717) is 19.6 Å². The lowest BCUT2D eigenvalue weighted by molar-refractivity contribution is -0.135. The Hall–Kier alpha value is -2.33. The van der Waals surface area contributed by atoms with Crippen LogP contribution in [0.3, 0.4) is 0 Å². The van der Waals surface area contributed by atoms with Crippen molar-refractivity contribution in [2.24, 2.45) is 23.2 Å². The molecule has 4 heteroatoms. The van der Waals surface area contributed by atoms with Crippen molar-refractivity contribution >= 4 is 5.91 Å². The lowest BCUT2D eigenvalue weighted by atomic mass is 9.48. The Kier molecular flexibility index (Phi) is 5.75. The van der Waals surface area contributed by atoms with Crippen molar-refractivity contribution in [3.63, 3.8) is 0 Å². The molecule has 0 heterocycles. The van der Waals surface area contributed by atoms with E-state index in [9.17, 15) is 9.90 Å². The number of hydrogen-bond donors (Lipinski definition) is 2. The van der Waals surface area contributed by atoms with Gasteiger partial charge in [-0.05, 0) is 91.4 Å². The van der Waals surface area contributed by atoms with Gasteiger partial charge in [-0.3, -0.25) is 4.79 Å². The minimum absolute atomic E-state index is 0.212. The molecule has 4 saturated carbocycles. The van der Waals surface area contributed by atoms with Crippen LogP contribution in [0, 0.1) is 23.2 Å². The topological polar surface area (TPSA) is 58.6 Å². The second kappa shape index (κ2) is 8.66. The first-order valence-corrected chi connectivity index (χ1v) is 11.8. The molecule has 4 nitrogen and oxygen atoms in total. The summed E-state index contributed by atoms with van der Waals surface area (Å²) in [5.41, 5.74) is 2.35. The number of aliphatic hydroxyl groups is 1. The molecule has 4 aliphatic carbocycles. The molecule has 0 aliphatic heterocycles. The number of hydrogen-bond acceptors (Lipinski definition) is 3. The molecule has 0 spiro atoms. The predicted molar refractivity (Wildman–Crippen MR) is 120 cm³/mol. The number of benzene rings is 2. The van der Waals surface area contributed by atoms with Crippen LogP contribution in [0.15, 0.2) is 54.6 Å². The van der Waals surface area contributed by atoms with Gasteiger partial charge in [-0.15, -0.1) is 0 Å². The lowest BCUT2D eigenvalue weighted by Gasteiger charge is -2.57. The van der Waals surface area contributed by atoms with Crippen molar-refractivity contribution < 1.29 is 14.6 Å². The van der Waals surface area contributed by atoms with Crippen molar-refractivity contribution in [1.82, 2.24) is 5.32 Å². The number of nitrogens with one attached hydrogen (secondary N) is 1. The van der Waals surface area contributed by atoms with Crippen LogP contribution in [0.1, 0.15) is 56.1 Å². The maximum absolute atomic E-state index is 12.6. The summed E-state index contributed by atoms with van der Waals surface area (Å²) in [6, 6.07) is 17.9. The molecular formula is C27H33NO3. The van der Waals surface area contributed by atoms with Crippen LogP contribution in [0.4, 0.5) is 0 Å². The van der Waals surface area contributed by atoms with Gasteiger partial charge in [-0.2, -0.15) is 0 Å². The standard InChI is InChI=1S/C27H33NO3/c29-25(16-27-13-21-10-22(14-27)12-23(11-21)15-27)26(30)28-17-19-6-8-24(9-7-19)31-18-20-4-2-1-3-5-20/h1-9,21-23,25,29H,10-18H2,(H,28,30). The zero-order valence-electron chi connectivity index (χ0n) is 18.1. The van der Waals surface area contributed by atoms with E-state index in [0.717, 1.165) is 34.6 Å². The number of carbonyl (C=O) groups excluding carboxylic acids is 1. The quantitative estimate of drug-likeness (QED) is 0.643. The fourth-order valence-corrected chi connectivity index (χ4v) is 6.79. The molecule has 4 fully saturated rings. The smallest absolute Gasteiger partial charge is 0.249 e. The van der Waals surface area contributed by atoms with Crippen LogP contribution in [0.25, 0.3) is 0 Å². The van der Waals surface area contributed by atoms with Crippen LogP contribution in [-0.4, -0.2) is 17.1 Å². The minimum Gasteiger partial charge on any atom is -0.489 e. The molecule has 1 unspecified atom stereocenters. The van der Waals surface area contributed by atoms with E-state index >= 15 is 0 Å². The molecule has 164 valence electrons. The van der Waals surface area contributed by atoms with Crippen LogP contribution in [0.5, 0.6) is 5.75 Å². The van der Waals surface area contributed by atoms with Gasteiger partial charge in [0.05, 0.1) is 0 Å². The third-order valence-corrected chi connectivity index (χ3v) is 7.73. The van der Waals surface area contributed by atoms with Crippen LogP contribution in [0.2, 0.25) is 0 Å². The van der Waals surface area contributed by atoms with E-state index < -0.39 is 6.10 Å². The molecule has 0 radical (unpaired) electrons. The number of aliphatic hydroxyl groups excluding tert-OH is 1. The summed E-state index contributed by atoms with van der Waals surface area (Å²) in [5, 5.41) is 13.6. The van der Waals surface area contributed by atoms with E-state index in [-0.39, 0.29) is 11.3 Å². The molecule has 2 aromatic rings. The normalized spacial score (nSPS) is 29.5. The summed E-state index contributed by atoms with van der Waals surface area (Å²) >= 11 is 0. The highest BCUT2D eigenvalue weighted by Gasteiger charge is 2.51. The highest BCUT2D eigenvalue weighted by Crippen LogP contribution is 2.61. The highest BCUT2D eigenvalue weighted by molar-refractivity contribution is 5.80. The van der Waals surface area contributed by atoms with Gasteiger partial charge in [0.2, 0.25) is 5.91 Å². The average Bonchev–Trinajstić information content (AvgIpc) is 2.76. The van der Waals surface area contributed by atoms with Crippen LogP contribution >= 0.6 is 0 Å². The van der Waals surface area contributed by atoms with Crippen molar-refractivity contribution in [3.05, 3.63) is 65.7 Å². The van der Waals surface area contributed by atoms with Crippen molar-refractivity contribution in [2.45, 2.75) is 64.2 Å². The molecule has 6 rings (SSSR count). The first kappa shape index (κ1) is 20.6. The van der Waals surface area contributed by atoms with E-state index in [1.54, 1.807) is 0 Å². The number of amides is 1. The van der Waals surface area contributed by atoms with Gasteiger partial charge in [-0.1, -0.05) is 42.5 Å². The van der Waals surface area contributed by atoms with Gasteiger partial charge in [0, 0.05) is 6.54 Å². The zero-order chi connectivity index (χ0) is 21.3. The second-order valence-electron chi connectivity index (χ2n) is 10.3. The highest BCUT2D eigenvalue weighted by atomic mass is 16.5. The first-order valence-electron chi connectivity index (χ1n) is 11.8. The number of carbonyl (C=O) groups is 1. The SMILES string of the molecule is O=C(NCc1ccc(OCc2ccccc2)cc1)C(O)CC12CC3CC(CC(C3)C1)C2. The Morgan fingerprint density at radius 3 is 2.16 bits per heavy atom. The summed E-state index contributed by atoms with van der Waals surface area (Å²) in [7, 11) is 0. The fourth-order valence-electron chi connectivity index (χ4n) is 6.79. The molecule has 0 aromatic heterocycles. The first-order chi connectivity index (χ1) is 15.1. The molecule has 0 saturated heterocycles. The van der Waals surface area contributed by atoms with Crippen molar-refractivity contribution in [1.29, 1.82) is 0 Å². The van der Waals surface area contributed by atoms with E-state index in [4.69, 9.17) is 4.74 Å². The maximum Gasteiger partial charge on any atom is 0.249 e. The molecule has 4 aliphatic rings. The molecule has 31 heavy (non-hydrogen) atoms. The Labute approximate surface area is 185 Å². The van der Waals surface area contributed by atoms with Crippen molar-refractivity contribution in [3.8, 4) is 5.75 Å². The van der Waals surface area contributed by atoms with Gasteiger partial charge in [0.1, 0.15) is 18.5 Å². The number of ether oxygens (including phenoxy) is 1. The van der Waals surface area contributed by atoms with E-state index in [1.165, 1.54) is 38.5 Å². The van der Waals surface area contributed by atoms with Gasteiger partial charge in [0.25, 0.3) is 0 Å². The molecule has 1 amide bonds. The summed E-state index contributed by atoms with van der Waals surface area (Å²) in [4.78, 5) is 12.6. The van der Waals surface area contributed by atoms with Gasteiger partial charge in [-0.25, -0.2) is 0 Å². The summed E-state index contributed by atoms with van der Waals surface area (Å²) < 4.78 is 5.82. The summed E-state index contributed by atoms with van der Waals surface area (Å²) in [6.45, 7) is 0.961. The Morgan fingerprint density at radius 2 is 1.55 bits per heavy atom. The van der Waals surface area contributed by atoms with Crippen LogP contribution in [-0.2, 0) is 17.9 Å². The third-order valence-electron chi connectivity index (χ3n) is 7.73. The van der Waals surface area contributed by atoms with E-state index in [2.05, 4.69) is 5.32 Å². The average molecular weight is 420 g/mol. The van der Waals surface area contributed by atoms with Crippen LogP contribution < -0.4 is 10.1 Å². The Balaban J connectivity index is 1.09. The van der Waals surface area contributed by atoms with E-state index in [1.807, 2.05) is 54.6 Å². The molecule has 1 atom stereocenters. The maximum atomic E-state index is 12.6. The monoisotopic (exact) mass is 419 g/mol. The third kappa shape index (κ3) is 4.79. The summed E-state index contributed by atoms with van der Waals surface area (Å²) in [5.74, 6) is 3.08. The predicted octanol–water partition coefficient (Wildman–Crippen LogP) is 4.85. The largest absolute Gasteiger partial charge is 0.489 e. The Bertz CT molecular complexity index is 857. The molecule has 2 aromatic carbocycles. The fraction of sp³-hybridized carbons (Fsp3) is 0.519. The lowest BCUT2D eigenvalue weighted by Crippen LogP contribution is -2.49. The summed E-state index contributed by atoms with van der Waals surface area (Å²) in [6.07, 6.45) is 7.53. The minimum atomic E-state index is -0.898. The second-order valence-corrected chi connectivity index (χ2v) is 10.3. The molecule has 2 N–H and O–H groups in total. The number of rotatable bonds is 8. The zero-order valence-corrected chi connectivity index (χ0v) is 18.1. The molecular weight excluding hydrogens is 386 g/mol. The van der Waals surface area contributed by atoms with Gasteiger partial charge in [0.15, 0.2) is 0 Å². The Morgan fingerprint density at radius 1 is 0.935 bits per heavy atom.